The number of allylic oxidation sites excluding steroid dienone is 2. The molecule has 0 spiro atoms. The van der Waals surface area contributed by atoms with E-state index in [2.05, 4.69) is 5.32 Å². The molecule has 1 aliphatic rings. The van der Waals surface area contributed by atoms with Crippen molar-refractivity contribution in [2.75, 3.05) is 11.1 Å². The lowest BCUT2D eigenvalue weighted by molar-refractivity contribution is -0.117. The fraction of sp³-hybridized carbons (Fsp3) is 0.333. The van der Waals surface area contributed by atoms with E-state index < -0.39 is 0 Å². The molecular weight excluding hydrogens is 238 g/mol. The summed E-state index contributed by atoms with van der Waals surface area (Å²) in [6.45, 7) is 4.05. The SMILES string of the molecule is CC1(C)CC(=O)C(C#N)=C(Nc2ccccc2N)C1. The first kappa shape index (κ1) is 13.2. The van der Waals surface area contributed by atoms with E-state index in [1.807, 2.05) is 38.1 Å². The largest absolute Gasteiger partial charge is 0.397 e. The van der Waals surface area contributed by atoms with Crippen molar-refractivity contribution in [2.45, 2.75) is 26.7 Å². The first-order chi connectivity index (χ1) is 8.93. The van der Waals surface area contributed by atoms with Crippen molar-refractivity contribution < 1.29 is 4.79 Å². The van der Waals surface area contributed by atoms with Crippen molar-refractivity contribution in [3.63, 3.8) is 0 Å². The number of nitrogens with two attached hydrogens (primary N) is 1. The van der Waals surface area contributed by atoms with Crippen LogP contribution in [0.25, 0.3) is 0 Å². The molecule has 4 nitrogen and oxygen atoms in total. The van der Waals surface area contributed by atoms with Crippen molar-refractivity contribution in [3.8, 4) is 6.07 Å². The van der Waals surface area contributed by atoms with Crippen LogP contribution in [0.15, 0.2) is 35.5 Å². The maximum absolute atomic E-state index is 12.0. The van der Waals surface area contributed by atoms with Crippen LogP contribution in [0.2, 0.25) is 0 Å². The smallest absolute Gasteiger partial charge is 0.175 e. The summed E-state index contributed by atoms with van der Waals surface area (Å²) in [5.74, 6) is -0.101. The standard InChI is InChI=1S/C15H17N3O/c1-15(2)7-13(10(9-16)14(19)8-15)18-12-6-4-3-5-11(12)17/h3-6,18H,7-8,17H2,1-2H3. The summed E-state index contributed by atoms with van der Waals surface area (Å²) in [7, 11) is 0. The highest BCUT2D eigenvalue weighted by molar-refractivity contribution is 6.01. The normalized spacial score (nSPS) is 18.1. The molecule has 0 fully saturated rings. The number of ketones is 1. The highest BCUT2D eigenvalue weighted by Gasteiger charge is 2.33. The second kappa shape index (κ2) is 4.77. The second-order valence-electron chi connectivity index (χ2n) is 5.62. The Morgan fingerprint density at radius 2 is 2.00 bits per heavy atom. The Bertz CT molecular complexity index is 594. The average Bonchev–Trinajstić information content (AvgIpc) is 2.30. The van der Waals surface area contributed by atoms with Gasteiger partial charge in [-0.15, -0.1) is 0 Å². The highest BCUT2D eigenvalue weighted by Crippen LogP contribution is 2.37. The number of carbonyl (C=O) groups excluding carboxylic acids is 1. The molecule has 0 aliphatic heterocycles. The highest BCUT2D eigenvalue weighted by atomic mass is 16.1. The number of hydrogen-bond acceptors (Lipinski definition) is 4. The van der Waals surface area contributed by atoms with Crippen LogP contribution >= 0.6 is 0 Å². The number of benzene rings is 1. The molecule has 98 valence electrons. The Hall–Kier alpha value is -2.28. The van der Waals surface area contributed by atoms with Crippen LogP contribution in [0.5, 0.6) is 0 Å². The van der Waals surface area contributed by atoms with E-state index in [0.29, 0.717) is 24.2 Å². The Morgan fingerprint density at radius 1 is 1.32 bits per heavy atom. The number of nitrogen functional groups attached to an aromatic ring is 1. The number of rotatable bonds is 2. The maximum Gasteiger partial charge on any atom is 0.175 e. The van der Waals surface area contributed by atoms with E-state index in [9.17, 15) is 4.79 Å². The molecule has 0 saturated carbocycles. The van der Waals surface area contributed by atoms with Crippen molar-refractivity contribution in [1.29, 1.82) is 5.26 Å². The number of nitrogens with zero attached hydrogens (tertiary/aromatic N) is 1. The molecule has 1 aliphatic carbocycles. The molecule has 4 heteroatoms. The molecule has 0 bridgehead atoms. The molecule has 0 atom stereocenters. The molecular formula is C15H17N3O. The minimum Gasteiger partial charge on any atom is -0.397 e. The first-order valence-electron chi connectivity index (χ1n) is 6.21. The van der Waals surface area contributed by atoms with Gasteiger partial charge in [0.1, 0.15) is 11.6 Å². The van der Waals surface area contributed by atoms with Crippen molar-refractivity contribution in [1.82, 2.24) is 0 Å². The maximum atomic E-state index is 12.0. The zero-order chi connectivity index (χ0) is 14.0. The summed E-state index contributed by atoms with van der Waals surface area (Å²) in [5.41, 5.74) is 7.96. The minimum atomic E-state index is -0.136. The topological polar surface area (TPSA) is 78.9 Å². The van der Waals surface area contributed by atoms with Gasteiger partial charge < -0.3 is 11.1 Å². The van der Waals surface area contributed by atoms with Gasteiger partial charge >= 0.3 is 0 Å². The molecule has 0 radical (unpaired) electrons. The lowest BCUT2D eigenvalue weighted by atomic mass is 9.76. The van der Waals surface area contributed by atoms with Crippen LogP contribution < -0.4 is 11.1 Å². The lowest BCUT2D eigenvalue weighted by Gasteiger charge is -2.31. The molecule has 1 aromatic rings. The van der Waals surface area contributed by atoms with E-state index in [4.69, 9.17) is 11.0 Å². The Balaban J connectivity index is 2.39. The predicted octanol–water partition coefficient (Wildman–Crippen LogP) is 2.85. The third-order valence-electron chi connectivity index (χ3n) is 3.23. The zero-order valence-electron chi connectivity index (χ0n) is 11.2. The third-order valence-corrected chi connectivity index (χ3v) is 3.23. The van der Waals surface area contributed by atoms with E-state index in [1.165, 1.54) is 0 Å². The fourth-order valence-corrected chi connectivity index (χ4v) is 2.33. The number of Topliss-reactive ketones (excluding diaryl/α,β-unsaturated/α-hetero) is 1. The van der Waals surface area contributed by atoms with Crippen molar-refractivity contribution in [2.24, 2.45) is 5.41 Å². The summed E-state index contributed by atoms with van der Waals surface area (Å²) in [5, 5.41) is 12.3. The number of nitriles is 1. The van der Waals surface area contributed by atoms with Crippen LogP contribution in [-0.2, 0) is 4.79 Å². The fourth-order valence-electron chi connectivity index (χ4n) is 2.33. The second-order valence-corrected chi connectivity index (χ2v) is 5.62. The number of anilines is 2. The van der Waals surface area contributed by atoms with Gasteiger partial charge in [-0.25, -0.2) is 0 Å². The van der Waals surface area contributed by atoms with E-state index in [0.717, 1.165) is 5.69 Å². The Kier molecular flexibility index (Phi) is 3.30. The van der Waals surface area contributed by atoms with Crippen molar-refractivity contribution in [3.05, 3.63) is 35.5 Å². The minimum absolute atomic E-state index is 0.101. The number of para-hydroxylation sites is 2. The summed E-state index contributed by atoms with van der Waals surface area (Å²) in [4.78, 5) is 12.0. The third kappa shape index (κ3) is 2.76. The van der Waals surface area contributed by atoms with E-state index in [-0.39, 0.29) is 16.8 Å². The molecule has 0 saturated heterocycles. The number of carbonyl (C=O) groups is 1. The van der Waals surface area contributed by atoms with Gasteiger partial charge in [0.05, 0.1) is 11.4 Å². The first-order valence-corrected chi connectivity index (χ1v) is 6.21. The van der Waals surface area contributed by atoms with Gasteiger partial charge in [0.15, 0.2) is 5.78 Å². The summed E-state index contributed by atoms with van der Waals surface area (Å²) < 4.78 is 0. The van der Waals surface area contributed by atoms with E-state index in [1.54, 1.807) is 6.07 Å². The van der Waals surface area contributed by atoms with Crippen LogP contribution in [-0.4, -0.2) is 5.78 Å². The quantitative estimate of drug-likeness (QED) is 0.796. The molecule has 3 N–H and O–H groups in total. The van der Waals surface area contributed by atoms with Gasteiger partial charge in [-0.2, -0.15) is 5.26 Å². The van der Waals surface area contributed by atoms with Crippen LogP contribution in [0.3, 0.4) is 0 Å². The van der Waals surface area contributed by atoms with Gasteiger partial charge in [0, 0.05) is 12.1 Å². The molecule has 0 unspecified atom stereocenters. The summed E-state index contributed by atoms with van der Waals surface area (Å²) >= 11 is 0. The van der Waals surface area contributed by atoms with Gasteiger partial charge in [-0.1, -0.05) is 26.0 Å². The van der Waals surface area contributed by atoms with Gasteiger partial charge in [0.25, 0.3) is 0 Å². The molecule has 19 heavy (non-hydrogen) atoms. The Morgan fingerprint density at radius 3 is 2.63 bits per heavy atom. The van der Waals surface area contributed by atoms with Gasteiger partial charge in [-0.3, -0.25) is 4.79 Å². The van der Waals surface area contributed by atoms with Crippen LogP contribution in [0, 0.1) is 16.7 Å². The average molecular weight is 255 g/mol. The molecule has 0 amide bonds. The van der Waals surface area contributed by atoms with Crippen molar-refractivity contribution >= 4 is 17.2 Å². The Labute approximate surface area is 112 Å². The number of nitrogens with one attached hydrogen (secondary N) is 1. The lowest BCUT2D eigenvalue weighted by Crippen LogP contribution is -2.28. The van der Waals surface area contributed by atoms with Crippen LogP contribution in [0.4, 0.5) is 11.4 Å². The van der Waals surface area contributed by atoms with Gasteiger partial charge in [-0.05, 0) is 24.0 Å². The monoisotopic (exact) mass is 255 g/mol. The zero-order valence-corrected chi connectivity index (χ0v) is 11.2. The summed E-state index contributed by atoms with van der Waals surface area (Å²) in [6, 6.07) is 9.33. The summed E-state index contributed by atoms with van der Waals surface area (Å²) in [6.07, 6.45) is 1.07. The molecule has 0 heterocycles. The molecule has 2 rings (SSSR count). The molecule has 1 aromatic carbocycles. The van der Waals surface area contributed by atoms with E-state index >= 15 is 0 Å². The number of hydrogen-bond donors (Lipinski definition) is 2. The van der Waals surface area contributed by atoms with Gasteiger partial charge in [0.2, 0.25) is 0 Å². The van der Waals surface area contributed by atoms with Crippen LogP contribution in [0.1, 0.15) is 26.7 Å². The molecule has 0 aromatic heterocycles. The predicted molar refractivity (Wildman–Crippen MR) is 75.1 cm³/mol.